The van der Waals surface area contributed by atoms with Crippen molar-refractivity contribution in [2.45, 2.75) is 20.0 Å². The maximum absolute atomic E-state index is 13.4. The van der Waals surface area contributed by atoms with Crippen LogP contribution < -0.4 is 4.80 Å². The number of carbonyl (C=O) groups excluding carboxylic acids is 1. The van der Waals surface area contributed by atoms with E-state index in [0.717, 1.165) is 5.52 Å². The molecular formula is C16H13FN4OS. The van der Waals surface area contributed by atoms with E-state index in [0.29, 0.717) is 21.7 Å². The Morgan fingerprint density at radius 1 is 1.48 bits per heavy atom. The summed E-state index contributed by atoms with van der Waals surface area (Å²) in [6.45, 7) is 2.72. The first-order chi connectivity index (χ1) is 11.1. The summed E-state index contributed by atoms with van der Waals surface area (Å²) >= 11 is 1.23. The van der Waals surface area contributed by atoms with Gasteiger partial charge < -0.3 is 4.57 Å². The van der Waals surface area contributed by atoms with E-state index in [-0.39, 0.29) is 12.4 Å². The van der Waals surface area contributed by atoms with E-state index in [1.54, 1.807) is 27.6 Å². The molecule has 2 heterocycles. The summed E-state index contributed by atoms with van der Waals surface area (Å²) in [6.07, 6.45) is 6.96. The first-order valence-corrected chi connectivity index (χ1v) is 7.79. The molecule has 0 aliphatic heterocycles. The quantitative estimate of drug-likeness (QED) is 0.694. The third kappa shape index (κ3) is 2.81. The highest BCUT2D eigenvalue weighted by atomic mass is 32.1. The van der Waals surface area contributed by atoms with E-state index < -0.39 is 5.91 Å². The normalized spacial score (nSPS) is 11.8. The number of halogens is 1. The van der Waals surface area contributed by atoms with Crippen LogP contribution >= 0.6 is 11.3 Å². The van der Waals surface area contributed by atoms with Crippen molar-refractivity contribution in [3.63, 3.8) is 0 Å². The Bertz CT molecular complexity index is 990. The van der Waals surface area contributed by atoms with Crippen LogP contribution in [-0.2, 0) is 13.1 Å². The fourth-order valence-electron chi connectivity index (χ4n) is 2.29. The zero-order valence-electron chi connectivity index (χ0n) is 12.4. The summed E-state index contributed by atoms with van der Waals surface area (Å²) in [5.41, 5.74) is 1.16. The van der Waals surface area contributed by atoms with Gasteiger partial charge in [-0.15, -0.1) is 6.42 Å². The Morgan fingerprint density at radius 3 is 3.04 bits per heavy atom. The minimum absolute atomic E-state index is 0.255. The van der Waals surface area contributed by atoms with E-state index in [4.69, 9.17) is 6.42 Å². The predicted octanol–water partition coefficient (Wildman–Crippen LogP) is 2.43. The molecule has 7 heteroatoms. The van der Waals surface area contributed by atoms with E-state index in [9.17, 15) is 9.18 Å². The van der Waals surface area contributed by atoms with Gasteiger partial charge in [0.2, 0.25) is 0 Å². The SMILES string of the molecule is C#CCn1c(=NC(=O)c2ccnn2CC)sc2cc(F)ccc21. The van der Waals surface area contributed by atoms with Crippen molar-refractivity contribution in [2.75, 3.05) is 0 Å². The molecule has 0 spiro atoms. The molecule has 1 aromatic carbocycles. The predicted molar refractivity (Wildman–Crippen MR) is 86.4 cm³/mol. The van der Waals surface area contributed by atoms with Crippen molar-refractivity contribution in [3.05, 3.63) is 46.8 Å². The van der Waals surface area contributed by atoms with Crippen molar-refractivity contribution >= 4 is 27.5 Å². The number of amides is 1. The van der Waals surface area contributed by atoms with Gasteiger partial charge in [-0.1, -0.05) is 17.3 Å². The average molecular weight is 328 g/mol. The lowest BCUT2D eigenvalue weighted by molar-refractivity contribution is 0.0987. The van der Waals surface area contributed by atoms with Gasteiger partial charge in [-0.2, -0.15) is 10.1 Å². The molecule has 3 aromatic rings. The minimum atomic E-state index is -0.401. The fourth-order valence-corrected chi connectivity index (χ4v) is 3.34. The first kappa shape index (κ1) is 15.2. The third-order valence-corrected chi connectivity index (χ3v) is 4.37. The van der Waals surface area contributed by atoms with E-state index in [1.807, 2.05) is 6.92 Å². The molecule has 0 saturated heterocycles. The molecule has 0 fully saturated rings. The molecule has 116 valence electrons. The van der Waals surface area contributed by atoms with Gasteiger partial charge in [0.05, 0.1) is 16.8 Å². The van der Waals surface area contributed by atoms with Gasteiger partial charge in [0.15, 0.2) is 4.80 Å². The Kier molecular flexibility index (Phi) is 4.08. The number of carbonyl (C=O) groups is 1. The monoisotopic (exact) mass is 328 g/mol. The molecule has 1 amide bonds. The van der Waals surface area contributed by atoms with E-state index >= 15 is 0 Å². The van der Waals surface area contributed by atoms with Gasteiger partial charge in [0.25, 0.3) is 5.91 Å². The van der Waals surface area contributed by atoms with Crippen molar-refractivity contribution < 1.29 is 9.18 Å². The molecular weight excluding hydrogens is 315 g/mol. The molecule has 3 rings (SSSR count). The maximum atomic E-state index is 13.4. The molecule has 0 unspecified atom stereocenters. The summed E-state index contributed by atoms with van der Waals surface area (Å²) in [7, 11) is 0. The summed E-state index contributed by atoms with van der Waals surface area (Å²) in [5.74, 6) is 1.79. The molecule has 0 radical (unpaired) electrons. The summed E-state index contributed by atoms with van der Waals surface area (Å²) in [5, 5.41) is 4.06. The molecule has 0 bridgehead atoms. The van der Waals surface area contributed by atoms with Crippen molar-refractivity contribution in [1.29, 1.82) is 0 Å². The van der Waals surface area contributed by atoms with Crippen molar-refractivity contribution in [3.8, 4) is 12.3 Å². The first-order valence-electron chi connectivity index (χ1n) is 6.97. The Morgan fingerprint density at radius 2 is 2.30 bits per heavy atom. The number of fused-ring (bicyclic) bond motifs is 1. The van der Waals surface area contributed by atoms with Crippen LogP contribution in [0.15, 0.2) is 35.5 Å². The molecule has 0 aliphatic rings. The lowest BCUT2D eigenvalue weighted by Gasteiger charge is -2.01. The van der Waals surface area contributed by atoms with Gasteiger partial charge >= 0.3 is 0 Å². The summed E-state index contributed by atoms with van der Waals surface area (Å²) in [6, 6.07) is 6.03. The number of hydrogen-bond acceptors (Lipinski definition) is 3. The zero-order valence-corrected chi connectivity index (χ0v) is 13.2. The molecule has 5 nitrogen and oxygen atoms in total. The average Bonchev–Trinajstić information content (AvgIpc) is 3.12. The number of hydrogen-bond donors (Lipinski definition) is 0. The number of thiazole rings is 1. The van der Waals surface area contributed by atoms with Crippen LogP contribution in [0.4, 0.5) is 4.39 Å². The lowest BCUT2D eigenvalue weighted by atomic mass is 10.3. The van der Waals surface area contributed by atoms with Crippen LogP contribution in [0.3, 0.4) is 0 Å². The second-order valence-corrected chi connectivity index (χ2v) is 5.75. The van der Waals surface area contributed by atoms with Crippen LogP contribution in [0.5, 0.6) is 0 Å². The second kappa shape index (κ2) is 6.18. The molecule has 0 saturated carbocycles. The standard InChI is InChI=1S/C16H13FN4OS/c1-3-9-20-12-6-5-11(17)10-14(12)23-16(20)19-15(22)13-7-8-18-21(13)4-2/h1,5-8,10H,4,9H2,2H3. The highest BCUT2D eigenvalue weighted by molar-refractivity contribution is 7.16. The third-order valence-electron chi connectivity index (χ3n) is 3.33. The summed E-state index contributed by atoms with van der Waals surface area (Å²) < 4.78 is 17.4. The van der Waals surface area contributed by atoms with Gasteiger partial charge in [0, 0.05) is 12.7 Å². The fraction of sp³-hybridized carbons (Fsp3) is 0.188. The van der Waals surface area contributed by atoms with Crippen molar-refractivity contribution in [1.82, 2.24) is 14.3 Å². The number of aromatic nitrogens is 3. The number of benzene rings is 1. The Labute approximate surface area is 135 Å². The highest BCUT2D eigenvalue weighted by Gasteiger charge is 2.12. The lowest BCUT2D eigenvalue weighted by Crippen LogP contribution is -2.18. The zero-order chi connectivity index (χ0) is 16.4. The smallest absolute Gasteiger partial charge is 0.297 e. The van der Waals surface area contributed by atoms with Crippen molar-refractivity contribution in [2.24, 2.45) is 4.99 Å². The minimum Gasteiger partial charge on any atom is -0.305 e. The molecule has 0 N–H and O–H groups in total. The van der Waals surface area contributed by atoms with Crippen LogP contribution in [-0.4, -0.2) is 20.3 Å². The number of rotatable bonds is 3. The Hall–Kier alpha value is -2.72. The Balaban J connectivity index is 2.16. The van der Waals surface area contributed by atoms with Crippen LogP contribution in [0, 0.1) is 18.2 Å². The van der Waals surface area contributed by atoms with Crippen LogP contribution in [0.25, 0.3) is 10.2 Å². The number of terminal acetylenes is 1. The highest BCUT2D eigenvalue weighted by Crippen LogP contribution is 2.18. The molecule has 23 heavy (non-hydrogen) atoms. The van der Waals surface area contributed by atoms with Gasteiger partial charge in [-0.25, -0.2) is 4.39 Å². The van der Waals surface area contributed by atoms with Gasteiger partial charge in [-0.05, 0) is 31.2 Å². The van der Waals surface area contributed by atoms with Gasteiger partial charge in [0.1, 0.15) is 11.5 Å². The van der Waals surface area contributed by atoms with E-state index in [1.165, 1.54) is 23.5 Å². The molecule has 2 aromatic heterocycles. The van der Waals surface area contributed by atoms with Gasteiger partial charge in [-0.3, -0.25) is 9.48 Å². The maximum Gasteiger partial charge on any atom is 0.297 e. The second-order valence-electron chi connectivity index (χ2n) is 4.74. The molecule has 0 atom stereocenters. The number of nitrogens with zero attached hydrogens (tertiary/aromatic N) is 4. The number of aryl methyl sites for hydroxylation is 1. The largest absolute Gasteiger partial charge is 0.305 e. The summed E-state index contributed by atoms with van der Waals surface area (Å²) in [4.78, 5) is 17.0. The van der Waals surface area contributed by atoms with Crippen LogP contribution in [0.1, 0.15) is 17.4 Å². The van der Waals surface area contributed by atoms with Crippen LogP contribution in [0.2, 0.25) is 0 Å². The molecule has 0 aliphatic carbocycles. The van der Waals surface area contributed by atoms with E-state index in [2.05, 4.69) is 16.0 Å². The topological polar surface area (TPSA) is 52.2 Å².